The molecule has 0 spiro atoms. The zero-order chi connectivity index (χ0) is 14.0. The third-order valence-corrected chi connectivity index (χ3v) is 3.52. The molecular formula is C13H12BrNO4. The van der Waals surface area contributed by atoms with Crippen molar-refractivity contribution in [1.82, 2.24) is 4.90 Å². The quantitative estimate of drug-likeness (QED) is 0.660. The third kappa shape index (κ3) is 2.53. The average molecular weight is 326 g/mol. The van der Waals surface area contributed by atoms with Gasteiger partial charge in [0.15, 0.2) is 0 Å². The lowest BCUT2D eigenvalue weighted by Gasteiger charge is -2.10. The van der Waals surface area contributed by atoms with Gasteiger partial charge in [0.2, 0.25) is 0 Å². The molecule has 0 radical (unpaired) electrons. The van der Waals surface area contributed by atoms with E-state index < -0.39 is 24.3 Å². The molecule has 1 aliphatic heterocycles. The van der Waals surface area contributed by atoms with E-state index in [1.54, 1.807) is 18.2 Å². The maximum absolute atomic E-state index is 12.2. The molecule has 0 saturated heterocycles. The highest BCUT2D eigenvalue weighted by molar-refractivity contribution is 9.09. The van der Waals surface area contributed by atoms with Gasteiger partial charge in [0.05, 0.1) is 11.1 Å². The molecule has 1 heterocycles. The first kappa shape index (κ1) is 13.7. The largest absolute Gasteiger partial charge is 0.480 e. The summed E-state index contributed by atoms with van der Waals surface area (Å²) in [6, 6.07) is 5.09. The lowest BCUT2D eigenvalue weighted by Crippen LogP contribution is -2.34. The molecule has 0 fully saturated rings. The molecule has 100 valence electrons. The highest BCUT2D eigenvalue weighted by atomic mass is 79.9. The van der Waals surface area contributed by atoms with Crippen LogP contribution >= 0.6 is 15.9 Å². The van der Waals surface area contributed by atoms with Crippen LogP contribution in [-0.2, 0) is 11.2 Å². The fourth-order valence-corrected chi connectivity index (χ4v) is 2.43. The van der Waals surface area contributed by atoms with E-state index in [2.05, 4.69) is 15.9 Å². The number of carboxylic acids is 1. The van der Waals surface area contributed by atoms with Gasteiger partial charge in [-0.15, -0.1) is 0 Å². The Morgan fingerprint density at radius 1 is 1.26 bits per heavy atom. The summed E-state index contributed by atoms with van der Waals surface area (Å²) in [7, 11) is 0. The molecule has 2 rings (SSSR count). The Bertz CT molecular complexity index is 556. The van der Waals surface area contributed by atoms with E-state index >= 15 is 0 Å². The molecule has 0 aromatic heterocycles. The Morgan fingerprint density at radius 3 is 2.63 bits per heavy atom. The second-order valence-electron chi connectivity index (χ2n) is 4.22. The van der Waals surface area contributed by atoms with Crippen molar-refractivity contribution in [2.24, 2.45) is 0 Å². The summed E-state index contributed by atoms with van der Waals surface area (Å²) in [6.45, 7) is -0.593. The smallest absolute Gasteiger partial charge is 0.323 e. The molecule has 0 saturated carbocycles. The van der Waals surface area contributed by atoms with Crippen molar-refractivity contribution in [3.63, 3.8) is 0 Å². The fraction of sp³-hybridized carbons (Fsp3) is 0.308. The van der Waals surface area contributed by atoms with Crippen LogP contribution in [0.1, 0.15) is 32.7 Å². The number of nitrogens with zero attached hydrogens (tertiary/aromatic N) is 1. The van der Waals surface area contributed by atoms with Crippen LogP contribution in [0.3, 0.4) is 0 Å². The van der Waals surface area contributed by atoms with Gasteiger partial charge in [0.25, 0.3) is 11.8 Å². The number of fused-ring (bicyclic) bond motifs is 1. The number of carbonyl (C=O) groups is 3. The first-order chi connectivity index (χ1) is 9.06. The number of halogens is 1. The lowest BCUT2D eigenvalue weighted by molar-refractivity contribution is -0.137. The van der Waals surface area contributed by atoms with Crippen LogP contribution < -0.4 is 0 Å². The van der Waals surface area contributed by atoms with Crippen molar-refractivity contribution in [2.75, 3.05) is 11.9 Å². The maximum atomic E-state index is 12.2. The van der Waals surface area contributed by atoms with Crippen molar-refractivity contribution >= 4 is 33.7 Å². The van der Waals surface area contributed by atoms with E-state index in [4.69, 9.17) is 5.11 Å². The second-order valence-corrected chi connectivity index (χ2v) is 5.02. The van der Waals surface area contributed by atoms with Crippen LogP contribution in [0.2, 0.25) is 0 Å². The molecule has 2 amide bonds. The summed E-state index contributed by atoms with van der Waals surface area (Å²) >= 11 is 3.32. The minimum Gasteiger partial charge on any atom is -0.480 e. The molecule has 0 aliphatic carbocycles. The van der Waals surface area contributed by atoms with Crippen molar-refractivity contribution in [2.45, 2.75) is 12.8 Å². The Balaban J connectivity index is 2.38. The number of benzene rings is 1. The van der Waals surface area contributed by atoms with Gasteiger partial charge in [0.1, 0.15) is 6.54 Å². The highest BCUT2D eigenvalue weighted by Gasteiger charge is 2.37. The van der Waals surface area contributed by atoms with Crippen molar-refractivity contribution in [3.8, 4) is 0 Å². The van der Waals surface area contributed by atoms with Crippen LogP contribution in [0.15, 0.2) is 18.2 Å². The number of rotatable bonds is 5. The summed E-state index contributed by atoms with van der Waals surface area (Å²) in [5.74, 6) is -2.23. The molecule has 0 unspecified atom stereocenters. The molecule has 19 heavy (non-hydrogen) atoms. The molecule has 6 heteroatoms. The van der Waals surface area contributed by atoms with E-state index in [0.29, 0.717) is 17.5 Å². The standard InChI is InChI=1S/C13H12BrNO4/c14-6-2-4-8-3-1-5-9-11(8)13(19)15(12(9)18)7-10(16)17/h1,3,5H,2,4,6-7H2,(H,16,17). The van der Waals surface area contributed by atoms with E-state index in [1.807, 2.05) is 0 Å². The minimum absolute atomic E-state index is 0.304. The third-order valence-electron chi connectivity index (χ3n) is 2.96. The monoisotopic (exact) mass is 325 g/mol. The number of amides is 2. The van der Waals surface area contributed by atoms with Crippen molar-refractivity contribution in [1.29, 1.82) is 0 Å². The number of aryl methyl sites for hydroxylation is 1. The van der Waals surface area contributed by atoms with E-state index in [0.717, 1.165) is 22.2 Å². The van der Waals surface area contributed by atoms with Crippen LogP contribution in [0.4, 0.5) is 0 Å². The van der Waals surface area contributed by atoms with Gasteiger partial charge in [-0.1, -0.05) is 28.1 Å². The van der Waals surface area contributed by atoms with Crippen LogP contribution in [0, 0.1) is 0 Å². The van der Waals surface area contributed by atoms with Gasteiger partial charge in [-0.3, -0.25) is 19.3 Å². The maximum Gasteiger partial charge on any atom is 0.323 e. The summed E-state index contributed by atoms with van der Waals surface area (Å²) in [4.78, 5) is 35.6. The molecule has 1 aliphatic rings. The average Bonchev–Trinajstić information content (AvgIpc) is 2.62. The van der Waals surface area contributed by atoms with Crippen molar-refractivity contribution in [3.05, 3.63) is 34.9 Å². The highest BCUT2D eigenvalue weighted by Crippen LogP contribution is 2.26. The zero-order valence-corrected chi connectivity index (χ0v) is 11.6. The molecule has 0 atom stereocenters. The topological polar surface area (TPSA) is 74.7 Å². The molecular weight excluding hydrogens is 314 g/mol. The second kappa shape index (κ2) is 5.52. The van der Waals surface area contributed by atoms with Gasteiger partial charge >= 0.3 is 5.97 Å². The Kier molecular flexibility index (Phi) is 3.99. The van der Waals surface area contributed by atoms with Crippen LogP contribution in [0.5, 0.6) is 0 Å². The first-order valence-electron chi connectivity index (χ1n) is 5.82. The predicted octanol–water partition coefficient (Wildman–Crippen LogP) is 1.69. The lowest BCUT2D eigenvalue weighted by atomic mass is 9.99. The van der Waals surface area contributed by atoms with Crippen LogP contribution in [-0.4, -0.2) is 39.7 Å². The molecule has 1 aromatic rings. The Labute approximate surface area is 118 Å². The number of carbonyl (C=O) groups excluding carboxylic acids is 2. The van der Waals surface area contributed by atoms with E-state index in [-0.39, 0.29) is 0 Å². The number of hydrogen-bond acceptors (Lipinski definition) is 3. The number of alkyl halides is 1. The summed E-state index contributed by atoms with van der Waals surface area (Å²) in [5.41, 5.74) is 1.45. The van der Waals surface area contributed by atoms with E-state index in [9.17, 15) is 14.4 Å². The normalized spacial score (nSPS) is 13.8. The van der Waals surface area contributed by atoms with Gasteiger partial charge in [0, 0.05) is 5.33 Å². The Morgan fingerprint density at radius 2 is 2.00 bits per heavy atom. The summed E-state index contributed by atoms with van der Waals surface area (Å²) in [6.07, 6.45) is 1.52. The Hall–Kier alpha value is -1.69. The van der Waals surface area contributed by atoms with E-state index in [1.165, 1.54) is 0 Å². The summed E-state index contributed by atoms with van der Waals surface area (Å²) < 4.78 is 0. The molecule has 5 nitrogen and oxygen atoms in total. The van der Waals surface area contributed by atoms with Crippen LogP contribution in [0.25, 0.3) is 0 Å². The van der Waals surface area contributed by atoms with Gasteiger partial charge in [-0.25, -0.2) is 0 Å². The predicted molar refractivity (Wildman–Crippen MR) is 71.6 cm³/mol. The number of aliphatic carboxylic acids is 1. The zero-order valence-electron chi connectivity index (χ0n) is 10.1. The summed E-state index contributed by atoms with van der Waals surface area (Å²) in [5, 5.41) is 9.55. The van der Waals surface area contributed by atoms with Crippen molar-refractivity contribution < 1.29 is 19.5 Å². The molecule has 0 bridgehead atoms. The molecule has 1 aromatic carbocycles. The SMILES string of the molecule is O=C(O)CN1C(=O)c2cccc(CCCBr)c2C1=O. The molecule has 1 N–H and O–H groups in total. The minimum atomic E-state index is -1.20. The number of hydrogen-bond donors (Lipinski definition) is 1. The number of carboxylic acid groups (broad SMARTS) is 1. The fourth-order valence-electron chi connectivity index (χ4n) is 2.15. The van der Waals surface area contributed by atoms with Gasteiger partial charge in [-0.2, -0.15) is 0 Å². The van der Waals surface area contributed by atoms with Gasteiger partial charge < -0.3 is 5.11 Å². The van der Waals surface area contributed by atoms with Gasteiger partial charge in [-0.05, 0) is 24.5 Å². The number of imide groups is 1. The first-order valence-corrected chi connectivity index (χ1v) is 6.94.